The van der Waals surface area contributed by atoms with E-state index in [1.54, 1.807) is 56.9 Å². The first-order valence-corrected chi connectivity index (χ1v) is 14.5. The Morgan fingerprint density at radius 1 is 1.08 bits per heavy atom. The molecule has 0 radical (unpaired) electrons. The largest absolute Gasteiger partial charge is 0.378 e. The Hall–Kier alpha value is -2.53. The van der Waals surface area contributed by atoms with Crippen molar-refractivity contribution in [2.45, 2.75) is 51.1 Å². The highest BCUT2D eigenvalue weighted by Gasteiger charge is 2.46. The van der Waals surface area contributed by atoms with Gasteiger partial charge in [-0.1, -0.05) is 44.5 Å². The molecule has 2 aliphatic rings. The van der Waals surface area contributed by atoms with Crippen LogP contribution in [0.15, 0.2) is 41.3 Å². The van der Waals surface area contributed by atoms with E-state index in [9.17, 15) is 22.8 Å². The average Bonchev–Trinajstić information content (AvgIpc) is 3.26. The van der Waals surface area contributed by atoms with Crippen LogP contribution in [0.2, 0.25) is 5.02 Å². The van der Waals surface area contributed by atoms with E-state index in [1.807, 2.05) is 0 Å². The minimum atomic E-state index is -4.24. The summed E-state index contributed by atoms with van der Waals surface area (Å²) in [6.45, 7) is 8.34. The van der Waals surface area contributed by atoms with E-state index in [0.29, 0.717) is 36.7 Å². The van der Waals surface area contributed by atoms with Gasteiger partial charge in [0.25, 0.3) is 0 Å². The maximum Gasteiger partial charge on any atom is 0.245 e. The van der Waals surface area contributed by atoms with Gasteiger partial charge >= 0.3 is 0 Å². The van der Waals surface area contributed by atoms with Crippen LogP contribution >= 0.6 is 11.6 Å². The molecule has 2 amide bonds. The van der Waals surface area contributed by atoms with Crippen molar-refractivity contribution in [3.63, 3.8) is 0 Å². The first-order chi connectivity index (χ1) is 17.8. The quantitative estimate of drug-likeness (QED) is 0.513. The molecule has 38 heavy (non-hydrogen) atoms. The summed E-state index contributed by atoms with van der Waals surface area (Å²) in [5.74, 6) is -0.982. The van der Waals surface area contributed by atoms with Crippen LogP contribution in [0.5, 0.6) is 0 Å². The van der Waals surface area contributed by atoms with Gasteiger partial charge in [-0.3, -0.25) is 14.4 Å². The molecule has 4 rings (SSSR count). The predicted molar refractivity (Wildman–Crippen MR) is 144 cm³/mol. The molecule has 11 heteroatoms. The fraction of sp³-hybridized carbons (Fsp3) is 0.519. The summed E-state index contributed by atoms with van der Waals surface area (Å²) in [6.07, 6.45) is 0.180. The molecule has 9 nitrogen and oxygen atoms in total. The molecule has 2 aromatic rings. The third kappa shape index (κ3) is 5.73. The van der Waals surface area contributed by atoms with E-state index in [0.717, 1.165) is 9.69 Å². The monoisotopic (exact) mass is 563 g/mol. The second-order valence-corrected chi connectivity index (χ2v) is 13.2. The van der Waals surface area contributed by atoms with Gasteiger partial charge in [0.1, 0.15) is 12.1 Å². The van der Waals surface area contributed by atoms with Crippen molar-refractivity contribution in [1.29, 1.82) is 0 Å². The minimum Gasteiger partial charge on any atom is -0.378 e. The summed E-state index contributed by atoms with van der Waals surface area (Å²) in [5.41, 5.74) is -0.811. The molecule has 2 saturated heterocycles. The first-order valence-electron chi connectivity index (χ1n) is 12.7. The normalized spacial score (nSPS) is 19.8. The number of morpholine rings is 1. The SMILES string of the molecule is C[C@@H](C(=O)N1CCOCC1)N1CC[C@H](N(CC(=O)C(C)(C)C)S(=O)(=O)c2ccc3cc(Cl)ccc3c2)C1=O. The third-order valence-electron chi connectivity index (χ3n) is 7.22. The number of carbonyl (C=O) groups excluding carboxylic acids is 3. The van der Waals surface area contributed by atoms with Crippen LogP contribution in [0.4, 0.5) is 0 Å². The van der Waals surface area contributed by atoms with Gasteiger partial charge in [0, 0.05) is 30.1 Å². The van der Waals surface area contributed by atoms with Crippen molar-refractivity contribution in [2.24, 2.45) is 5.41 Å². The van der Waals surface area contributed by atoms with Crippen LogP contribution in [0.1, 0.15) is 34.1 Å². The molecule has 0 N–H and O–H groups in total. The molecular weight excluding hydrogens is 530 g/mol. The Labute approximate surface area is 228 Å². The number of halogens is 1. The summed E-state index contributed by atoms with van der Waals surface area (Å²) >= 11 is 6.07. The van der Waals surface area contributed by atoms with Crippen molar-refractivity contribution >= 4 is 50.0 Å². The van der Waals surface area contributed by atoms with Crippen molar-refractivity contribution in [2.75, 3.05) is 39.4 Å². The fourth-order valence-corrected chi connectivity index (χ4v) is 6.54. The van der Waals surface area contributed by atoms with Crippen molar-refractivity contribution in [1.82, 2.24) is 14.1 Å². The Kier molecular flexibility index (Phi) is 8.18. The molecule has 206 valence electrons. The van der Waals surface area contributed by atoms with Gasteiger partial charge in [0.2, 0.25) is 21.8 Å². The van der Waals surface area contributed by atoms with Crippen LogP contribution < -0.4 is 0 Å². The van der Waals surface area contributed by atoms with Crippen molar-refractivity contribution < 1.29 is 27.5 Å². The zero-order valence-corrected chi connectivity index (χ0v) is 23.7. The van der Waals surface area contributed by atoms with Gasteiger partial charge in [-0.05, 0) is 48.4 Å². The maximum atomic E-state index is 14.0. The van der Waals surface area contributed by atoms with Gasteiger partial charge < -0.3 is 14.5 Å². The van der Waals surface area contributed by atoms with Gasteiger partial charge in [0.15, 0.2) is 5.78 Å². The summed E-state index contributed by atoms with van der Waals surface area (Å²) in [4.78, 5) is 42.8. The molecule has 0 bridgehead atoms. The number of hydrogen-bond acceptors (Lipinski definition) is 6. The van der Waals surface area contributed by atoms with Crippen LogP contribution in [0.3, 0.4) is 0 Å². The molecule has 2 heterocycles. The first kappa shape index (κ1) is 28.5. The topological polar surface area (TPSA) is 104 Å². The number of Topliss-reactive ketones (excluding diaryl/α,β-unsaturated/α-hetero) is 1. The lowest BCUT2D eigenvalue weighted by Gasteiger charge is -2.33. The molecule has 2 fully saturated rings. The lowest BCUT2D eigenvalue weighted by Crippen LogP contribution is -2.53. The molecule has 0 aliphatic carbocycles. The van der Waals surface area contributed by atoms with Crippen LogP contribution in [-0.4, -0.2) is 91.6 Å². The molecule has 0 unspecified atom stereocenters. The molecule has 0 aromatic heterocycles. The number of amides is 2. The van der Waals surface area contributed by atoms with Crippen molar-refractivity contribution in [3.8, 4) is 0 Å². The second kappa shape index (κ2) is 10.9. The van der Waals surface area contributed by atoms with E-state index >= 15 is 0 Å². The third-order valence-corrected chi connectivity index (χ3v) is 9.31. The number of sulfonamides is 1. The Bertz CT molecular complexity index is 1350. The van der Waals surface area contributed by atoms with E-state index in [1.165, 1.54) is 17.0 Å². The van der Waals surface area contributed by atoms with Gasteiger partial charge in [-0.25, -0.2) is 8.42 Å². The summed E-state index contributed by atoms with van der Waals surface area (Å²) in [5, 5.41) is 1.97. The van der Waals surface area contributed by atoms with Crippen LogP contribution in [0.25, 0.3) is 10.8 Å². The average molecular weight is 564 g/mol. The Morgan fingerprint density at radius 2 is 1.71 bits per heavy atom. The minimum absolute atomic E-state index is 0.0160. The zero-order chi connectivity index (χ0) is 27.8. The lowest BCUT2D eigenvalue weighted by molar-refractivity contribution is -0.146. The van der Waals surface area contributed by atoms with E-state index in [-0.39, 0.29) is 29.6 Å². The van der Waals surface area contributed by atoms with Crippen molar-refractivity contribution in [3.05, 3.63) is 41.4 Å². The smallest absolute Gasteiger partial charge is 0.245 e. The van der Waals surface area contributed by atoms with E-state index in [4.69, 9.17) is 16.3 Å². The maximum absolute atomic E-state index is 14.0. The number of rotatable bonds is 7. The van der Waals surface area contributed by atoms with Gasteiger partial charge in [0.05, 0.1) is 24.7 Å². The van der Waals surface area contributed by atoms with Gasteiger partial charge in [-0.15, -0.1) is 0 Å². The molecule has 2 aliphatic heterocycles. The molecule has 0 saturated carbocycles. The number of carbonyl (C=O) groups is 3. The molecule has 0 spiro atoms. The highest BCUT2D eigenvalue weighted by atomic mass is 35.5. The Balaban J connectivity index is 1.66. The number of ketones is 1. The van der Waals surface area contributed by atoms with Crippen LogP contribution in [-0.2, 0) is 29.1 Å². The number of hydrogen-bond donors (Lipinski definition) is 0. The second-order valence-electron chi connectivity index (χ2n) is 10.8. The zero-order valence-electron chi connectivity index (χ0n) is 22.1. The standard InChI is InChI=1S/C27H34ClN3O6S/c1-18(25(33)29-11-13-37-14-12-29)30-10-9-23(26(30)34)31(17-24(32)27(2,3)4)38(35,36)22-8-6-19-15-21(28)7-5-20(19)16-22/h5-8,15-16,18,23H,9-14,17H2,1-4H3/t18-,23-/m0/s1. The summed E-state index contributed by atoms with van der Waals surface area (Å²) < 4.78 is 34.3. The van der Waals surface area contributed by atoms with E-state index < -0.39 is 40.0 Å². The van der Waals surface area contributed by atoms with E-state index in [2.05, 4.69) is 0 Å². The van der Waals surface area contributed by atoms with Crippen LogP contribution in [0, 0.1) is 5.41 Å². The number of ether oxygens (including phenoxy) is 1. The number of benzene rings is 2. The lowest BCUT2D eigenvalue weighted by atomic mass is 9.91. The Morgan fingerprint density at radius 3 is 2.37 bits per heavy atom. The molecular formula is C27H34ClN3O6S. The summed E-state index contributed by atoms with van der Waals surface area (Å²) in [6, 6.07) is 7.94. The fourth-order valence-electron chi connectivity index (χ4n) is 4.75. The van der Waals surface area contributed by atoms with Gasteiger partial charge in [-0.2, -0.15) is 4.31 Å². The highest BCUT2D eigenvalue weighted by molar-refractivity contribution is 7.89. The number of nitrogens with zero attached hydrogens (tertiary/aromatic N) is 3. The highest BCUT2D eigenvalue weighted by Crippen LogP contribution is 2.30. The predicted octanol–water partition coefficient (Wildman–Crippen LogP) is 2.95. The molecule has 2 aromatic carbocycles. The number of fused-ring (bicyclic) bond motifs is 1. The molecule has 2 atom stereocenters. The number of likely N-dealkylation sites (tertiary alicyclic amines) is 1. The summed E-state index contributed by atoms with van der Waals surface area (Å²) in [7, 11) is -4.24.